The number of rotatable bonds is 5. The number of ether oxygens (including phenoxy) is 1. The van der Waals surface area contributed by atoms with Gasteiger partial charge in [-0.05, 0) is 51.1 Å². The first-order valence-electron chi connectivity index (χ1n) is 9.30. The molecule has 0 unspecified atom stereocenters. The standard InChI is InChI=1S/C21H21Cl2FN4O2S/c1-21(2,3)30-20(29)27(4)12-14-10-19(31-15-6-8-18(23)25-11-15)28(26-14)17-9-13(24)5-7-16(17)22/h5-11H,12H2,1-4H3. The molecule has 0 radical (unpaired) electrons. The first-order valence-corrected chi connectivity index (χ1v) is 10.9. The molecule has 0 aliphatic heterocycles. The van der Waals surface area contributed by atoms with Gasteiger partial charge in [-0.3, -0.25) is 0 Å². The topological polar surface area (TPSA) is 60.2 Å². The zero-order chi connectivity index (χ0) is 22.8. The van der Waals surface area contributed by atoms with Crippen LogP contribution >= 0.6 is 35.0 Å². The van der Waals surface area contributed by atoms with Crippen molar-refractivity contribution in [3.05, 3.63) is 64.3 Å². The molecule has 2 heterocycles. The van der Waals surface area contributed by atoms with Gasteiger partial charge in [0.15, 0.2) is 0 Å². The molecule has 3 rings (SSSR count). The Labute approximate surface area is 194 Å². The van der Waals surface area contributed by atoms with Crippen molar-refractivity contribution in [3.8, 4) is 5.69 Å². The SMILES string of the molecule is CN(Cc1cc(Sc2ccc(Cl)nc2)n(-c2cc(F)ccc2Cl)n1)C(=O)OC(C)(C)C. The molecule has 1 aromatic carbocycles. The number of carbonyl (C=O) groups is 1. The fraction of sp³-hybridized carbons (Fsp3) is 0.286. The van der Waals surface area contributed by atoms with E-state index in [0.29, 0.717) is 26.6 Å². The highest BCUT2D eigenvalue weighted by atomic mass is 35.5. The Balaban J connectivity index is 1.94. The van der Waals surface area contributed by atoms with Crippen LogP contribution < -0.4 is 0 Å². The van der Waals surface area contributed by atoms with Gasteiger partial charge in [-0.2, -0.15) is 5.10 Å². The van der Waals surface area contributed by atoms with Gasteiger partial charge in [0.1, 0.15) is 21.6 Å². The van der Waals surface area contributed by atoms with E-state index >= 15 is 0 Å². The highest BCUT2D eigenvalue weighted by Crippen LogP contribution is 2.33. The summed E-state index contributed by atoms with van der Waals surface area (Å²) in [4.78, 5) is 18.6. The Morgan fingerprint density at radius 2 is 1.97 bits per heavy atom. The second kappa shape index (κ2) is 9.46. The average Bonchev–Trinajstić information content (AvgIpc) is 3.06. The maximum atomic E-state index is 13.9. The summed E-state index contributed by atoms with van der Waals surface area (Å²) in [6, 6.07) is 9.36. The number of carbonyl (C=O) groups excluding carboxylic acids is 1. The lowest BCUT2D eigenvalue weighted by Gasteiger charge is -2.24. The van der Waals surface area contributed by atoms with Gasteiger partial charge in [-0.25, -0.2) is 18.9 Å². The van der Waals surface area contributed by atoms with E-state index in [1.54, 1.807) is 50.8 Å². The fourth-order valence-corrected chi connectivity index (χ4v) is 3.78. The van der Waals surface area contributed by atoms with Crippen molar-refractivity contribution >= 4 is 41.1 Å². The number of nitrogens with zero attached hydrogens (tertiary/aromatic N) is 4. The first-order chi connectivity index (χ1) is 14.5. The van der Waals surface area contributed by atoms with Crippen LogP contribution in [0.2, 0.25) is 10.2 Å². The summed E-state index contributed by atoms with van der Waals surface area (Å²) in [7, 11) is 1.62. The van der Waals surface area contributed by atoms with E-state index in [1.807, 2.05) is 6.07 Å². The maximum absolute atomic E-state index is 13.9. The first kappa shape index (κ1) is 23.4. The van der Waals surface area contributed by atoms with E-state index in [1.165, 1.54) is 34.9 Å². The number of aromatic nitrogens is 3. The maximum Gasteiger partial charge on any atom is 0.410 e. The zero-order valence-electron chi connectivity index (χ0n) is 17.4. The Morgan fingerprint density at radius 1 is 1.23 bits per heavy atom. The smallest absolute Gasteiger partial charge is 0.410 e. The van der Waals surface area contributed by atoms with E-state index in [4.69, 9.17) is 27.9 Å². The van der Waals surface area contributed by atoms with Crippen LogP contribution in [0.25, 0.3) is 5.69 Å². The molecule has 2 aromatic heterocycles. The van der Waals surface area contributed by atoms with Crippen LogP contribution in [0.3, 0.4) is 0 Å². The second-order valence-electron chi connectivity index (χ2n) is 7.74. The monoisotopic (exact) mass is 482 g/mol. The van der Waals surface area contributed by atoms with Gasteiger partial charge in [0.2, 0.25) is 0 Å². The van der Waals surface area contributed by atoms with Crippen LogP contribution in [0.1, 0.15) is 26.5 Å². The molecule has 10 heteroatoms. The molecule has 0 bridgehead atoms. The molecule has 3 aromatic rings. The van der Waals surface area contributed by atoms with Crippen LogP contribution in [0.4, 0.5) is 9.18 Å². The number of pyridine rings is 1. The van der Waals surface area contributed by atoms with Gasteiger partial charge in [-0.1, -0.05) is 35.0 Å². The second-order valence-corrected chi connectivity index (χ2v) is 9.62. The third-order valence-electron chi connectivity index (χ3n) is 3.89. The minimum absolute atomic E-state index is 0.196. The summed E-state index contributed by atoms with van der Waals surface area (Å²) in [5, 5.41) is 5.96. The highest BCUT2D eigenvalue weighted by Gasteiger charge is 2.22. The Hall–Kier alpha value is -2.29. The van der Waals surface area contributed by atoms with Gasteiger partial charge >= 0.3 is 6.09 Å². The summed E-state index contributed by atoms with van der Waals surface area (Å²) >= 11 is 13.5. The minimum Gasteiger partial charge on any atom is -0.444 e. The van der Waals surface area contributed by atoms with Gasteiger partial charge in [0, 0.05) is 24.2 Å². The van der Waals surface area contributed by atoms with E-state index in [2.05, 4.69) is 10.1 Å². The molecule has 0 spiro atoms. The van der Waals surface area contributed by atoms with Crippen molar-refractivity contribution in [2.75, 3.05) is 7.05 Å². The number of halogens is 3. The van der Waals surface area contributed by atoms with Crippen LogP contribution in [0.5, 0.6) is 0 Å². The molecular weight excluding hydrogens is 462 g/mol. The molecule has 31 heavy (non-hydrogen) atoms. The molecule has 0 N–H and O–H groups in total. The summed E-state index contributed by atoms with van der Waals surface area (Å²) < 4.78 is 20.9. The molecule has 0 fully saturated rings. The predicted octanol–water partition coefficient (Wildman–Crippen LogP) is 6.23. The third-order valence-corrected chi connectivity index (χ3v) is 5.41. The quantitative estimate of drug-likeness (QED) is 0.403. The Bertz CT molecular complexity index is 1080. The van der Waals surface area contributed by atoms with Crippen molar-refractivity contribution in [1.29, 1.82) is 0 Å². The van der Waals surface area contributed by atoms with Gasteiger partial charge < -0.3 is 9.64 Å². The minimum atomic E-state index is -0.609. The van der Waals surface area contributed by atoms with E-state index in [9.17, 15) is 9.18 Å². The molecular formula is C21H21Cl2FN4O2S. The van der Waals surface area contributed by atoms with E-state index < -0.39 is 17.5 Å². The molecule has 164 valence electrons. The molecule has 0 aliphatic rings. The lowest BCUT2D eigenvalue weighted by Crippen LogP contribution is -2.33. The predicted molar refractivity (Wildman–Crippen MR) is 120 cm³/mol. The lowest BCUT2D eigenvalue weighted by molar-refractivity contribution is 0.0283. The number of hydrogen-bond donors (Lipinski definition) is 0. The summed E-state index contributed by atoms with van der Waals surface area (Å²) in [6.45, 7) is 5.60. The average molecular weight is 483 g/mol. The van der Waals surface area contributed by atoms with Crippen LogP contribution in [0.15, 0.2) is 52.5 Å². The summed E-state index contributed by atoms with van der Waals surface area (Å²) in [5.41, 5.74) is 0.359. The molecule has 0 saturated heterocycles. The summed E-state index contributed by atoms with van der Waals surface area (Å²) in [5.74, 6) is -0.438. The van der Waals surface area contributed by atoms with Crippen molar-refractivity contribution in [3.63, 3.8) is 0 Å². The number of hydrogen-bond acceptors (Lipinski definition) is 5. The van der Waals surface area contributed by atoms with Crippen LogP contribution in [0, 0.1) is 5.82 Å². The van der Waals surface area contributed by atoms with E-state index in [-0.39, 0.29) is 6.54 Å². The van der Waals surface area contributed by atoms with Crippen molar-refractivity contribution < 1.29 is 13.9 Å². The lowest BCUT2D eigenvalue weighted by atomic mass is 10.2. The molecule has 0 saturated carbocycles. The Kier molecular flexibility index (Phi) is 7.13. The van der Waals surface area contributed by atoms with Crippen molar-refractivity contribution in [2.45, 2.75) is 42.8 Å². The molecule has 6 nitrogen and oxygen atoms in total. The highest BCUT2D eigenvalue weighted by molar-refractivity contribution is 7.99. The molecule has 0 atom stereocenters. The normalized spacial score (nSPS) is 11.5. The Morgan fingerprint density at radius 3 is 2.61 bits per heavy atom. The number of amides is 1. The van der Waals surface area contributed by atoms with Crippen LogP contribution in [-0.2, 0) is 11.3 Å². The molecule has 1 amide bonds. The summed E-state index contributed by atoms with van der Waals surface area (Å²) in [6.07, 6.45) is 1.16. The van der Waals surface area contributed by atoms with Gasteiger partial charge in [-0.15, -0.1) is 0 Å². The van der Waals surface area contributed by atoms with Crippen LogP contribution in [-0.4, -0.2) is 38.4 Å². The fourth-order valence-electron chi connectivity index (χ4n) is 2.57. The van der Waals surface area contributed by atoms with Crippen molar-refractivity contribution in [1.82, 2.24) is 19.7 Å². The van der Waals surface area contributed by atoms with Crippen molar-refractivity contribution in [2.24, 2.45) is 0 Å². The largest absolute Gasteiger partial charge is 0.444 e. The third kappa shape index (κ3) is 6.35. The van der Waals surface area contributed by atoms with E-state index in [0.717, 1.165) is 4.90 Å². The van der Waals surface area contributed by atoms with Gasteiger partial charge in [0.25, 0.3) is 0 Å². The number of benzene rings is 1. The van der Waals surface area contributed by atoms with Gasteiger partial charge in [0.05, 0.1) is 22.9 Å². The molecule has 0 aliphatic carbocycles. The zero-order valence-corrected chi connectivity index (χ0v) is 19.7.